The Kier molecular flexibility index (Phi) is 3.42. The highest BCUT2D eigenvalue weighted by Gasteiger charge is 2.13. The van der Waals surface area contributed by atoms with Crippen LogP contribution in [0.4, 0.5) is 0 Å². The number of rotatable bonds is 4. The molecule has 0 radical (unpaired) electrons. The van der Waals surface area contributed by atoms with Gasteiger partial charge in [-0.3, -0.25) is 0 Å². The molecule has 0 bridgehead atoms. The van der Waals surface area contributed by atoms with Gasteiger partial charge < -0.3 is 13.2 Å². The summed E-state index contributed by atoms with van der Waals surface area (Å²) in [5.41, 5.74) is 3.94. The Hall–Kier alpha value is -2.54. The molecule has 116 valence electrons. The first-order valence-corrected chi connectivity index (χ1v) is 8.12. The van der Waals surface area contributed by atoms with Crippen molar-refractivity contribution in [3.63, 3.8) is 0 Å². The van der Waals surface area contributed by atoms with E-state index >= 15 is 0 Å². The first kappa shape index (κ1) is 14.1. The summed E-state index contributed by atoms with van der Waals surface area (Å²) in [5, 5.41) is 8.65. The number of furan rings is 1. The van der Waals surface area contributed by atoms with Gasteiger partial charge in [0, 0.05) is 18.1 Å². The summed E-state index contributed by atoms with van der Waals surface area (Å²) in [5.74, 6) is 1.91. The number of imidazole rings is 1. The van der Waals surface area contributed by atoms with E-state index in [-0.39, 0.29) is 0 Å². The van der Waals surface area contributed by atoms with E-state index in [0.29, 0.717) is 16.9 Å². The normalized spacial score (nSPS) is 11.4. The third kappa shape index (κ3) is 2.75. The first-order chi connectivity index (χ1) is 11.2. The highest BCUT2D eigenvalue weighted by molar-refractivity contribution is 7.98. The lowest BCUT2D eigenvalue weighted by atomic mass is 10.3. The van der Waals surface area contributed by atoms with E-state index in [4.69, 9.17) is 8.83 Å². The smallest absolute Gasteiger partial charge is 0.277 e. The molecule has 0 aromatic carbocycles. The van der Waals surface area contributed by atoms with E-state index < -0.39 is 0 Å². The second kappa shape index (κ2) is 5.58. The predicted octanol–water partition coefficient (Wildman–Crippen LogP) is 3.89. The largest absolute Gasteiger partial charge is 0.469 e. The summed E-state index contributed by atoms with van der Waals surface area (Å²) in [6, 6.07) is 5.88. The molecule has 0 atom stereocenters. The van der Waals surface area contributed by atoms with Gasteiger partial charge >= 0.3 is 0 Å². The summed E-state index contributed by atoms with van der Waals surface area (Å²) < 4.78 is 13.0. The Morgan fingerprint density at radius 1 is 1.13 bits per heavy atom. The first-order valence-electron chi connectivity index (χ1n) is 7.14. The van der Waals surface area contributed by atoms with Crippen LogP contribution in [0, 0.1) is 13.8 Å². The molecule has 6 nitrogen and oxygen atoms in total. The van der Waals surface area contributed by atoms with Crippen LogP contribution in [-0.4, -0.2) is 19.6 Å². The molecule has 0 saturated carbocycles. The van der Waals surface area contributed by atoms with Crippen LogP contribution >= 0.6 is 11.8 Å². The minimum Gasteiger partial charge on any atom is -0.469 e. The minimum absolute atomic E-state index is 0.476. The molecule has 0 unspecified atom stereocenters. The van der Waals surface area contributed by atoms with Crippen LogP contribution in [0.2, 0.25) is 0 Å². The van der Waals surface area contributed by atoms with Gasteiger partial charge in [-0.25, -0.2) is 4.98 Å². The van der Waals surface area contributed by atoms with Crippen molar-refractivity contribution < 1.29 is 8.83 Å². The molecule has 0 fully saturated rings. The Bertz CT molecular complexity index is 969. The van der Waals surface area contributed by atoms with Crippen molar-refractivity contribution in [3.05, 3.63) is 53.9 Å². The van der Waals surface area contributed by atoms with E-state index in [0.717, 1.165) is 22.7 Å². The van der Waals surface area contributed by atoms with E-state index in [1.165, 1.54) is 17.3 Å². The quantitative estimate of drug-likeness (QED) is 0.530. The third-order valence-electron chi connectivity index (χ3n) is 3.49. The second-order valence-electron chi connectivity index (χ2n) is 5.26. The SMILES string of the molecule is Cc1ccc2nc(CSc3nnc(-c4ccoc4C)o3)cn2c1. The van der Waals surface area contributed by atoms with Gasteiger partial charge in [0.25, 0.3) is 11.1 Å². The van der Waals surface area contributed by atoms with Crippen LogP contribution in [0.5, 0.6) is 0 Å². The van der Waals surface area contributed by atoms with Crippen LogP contribution in [0.25, 0.3) is 17.1 Å². The molecule has 7 heteroatoms. The number of pyridine rings is 1. The minimum atomic E-state index is 0.476. The maximum Gasteiger partial charge on any atom is 0.277 e. The van der Waals surface area contributed by atoms with Crippen LogP contribution in [-0.2, 0) is 5.75 Å². The molecule has 0 saturated heterocycles. The van der Waals surface area contributed by atoms with Crippen molar-refractivity contribution in [2.75, 3.05) is 0 Å². The summed E-state index contributed by atoms with van der Waals surface area (Å²) >= 11 is 1.47. The van der Waals surface area contributed by atoms with Gasteiger partial charge in [0.15, 0.2) is 0 Å². The molecule has 0 spiro atoms. The Labute approximate surface area is 136 Å². The third-order valence-corrected chi connectivity index (χ3v) is 4.34. The number of hydrogen-bond acceptors (Lipinski definition) is 6. The van der Waals surface area contributed by atoms with Gasteiger partial charge in [-0.15, -0.1) is 10.2 Å². The molecular formula is C16H14N4O2S. The average molecular weight is 326 g/mol. The summed E-state index contributed by atoms with van der Waals surface area (Å²) in [6.07, 6.45) is 5.69. The monoisotopic (exact) mass is 326 g/mol. The second-order valence-corrected chi connectivity index (χ2v) is 6.18. The molecule has 0 aliphatic rings. The molecule has 0 aliphatic carbocycles. The fourth-order valence-electron chi connectivity index (χ4n) is 2.34. The molecular weight excluding hydrogens is 312 g/mol. The predicted molar refractivity (Wildman–Crippen MR) is 86.2 cm³/mol. The van der Waals surface area contributed by atoms with Crippen molar-refractivity contribution in [3.8, 4) is 11.5 Å². The Morgan fingerprint density at radius 3 is 2.87 bits per heavy atom. The lowest BCUT2D eigenvalue weighted by molar-refractivity contribution is 0.463. The molecule has 4 aromatic heterocycles. The maximum absolute atomic E-state index is 5.67. The fourth-order valence-corrected chi connectivity index (χ4v) is 2.99. The van der Waals surface area contributed by atoms with Gasteiger partial charge in [-0.05, 0) is 31.5 Å². The average Bonchev–Trinajstić information content (AvgIpc) is 3.23. The summed E-state index contributed by atoms with van der Waals surface area (Å²) in [7, 11) is 0. The topological polar surface area (TPSA) is 69.4 Å². The lowest BCUT2D eigenvalue weighted by Crippen LogP contribution is -1.82. The van der Waals surface area contributed by atoms with Gasteiger partial charge in [0.1, 0.15) is 11.4 Å². The zero-order valence-electron chi connectivity index (χ0n) is 12.7. The van der Waals surface area contributed by atoms with E-state index in [2.05, 4.69) is 34.4 Å². The van der Waals surface area contributed by atoms with E-state index in [1.807, 2.05) is 29.7 Å². The molecule has 23 heavy (non-hydrogen) atoms. The molecule has 0 N–H and O–H groups in total. The molecule has 4 heterocycles. The summed E-state index contributed by atoms with van der Waals surface area (Å²) in [4.78, 5) is 4.58. The number of fused-ring (bicyclic) bond motifs is 1. The number of thioether (sulfide) groups is 1. The van der Waals surface area contributed by atoms with Gasteiger partial charge in [-0.1, -0.05) is 17.8 Å². The van der Waals surface area contributed by atoms with Crippen molar-refractivity contribution in [2.24, 2.45) is 0 Å². The fraction of sp³-hybridized carbons (Fsp3) is 0.188. The Balaban J connectivity index is 1.50. The molecule has 4 rings (SSSR count). The Morgan fingerprint density at radius 2 is 2.04 bits per heavy atom. The molecule has 0 amide bonds. The molecule has 0 aliphatic heterocycles. The summed E-state index contributed by atoms with van der Waals surface area (Å²) in [6.45, 7) is 3.93. The van der Waals surface area contributed by atoms with E-state index in [1.54, 1.807) is 6.26 Å². The molecule has 4 aromatic rings. The van der Waals surface area contributed by atoms with Crippen LogP contribution in [0.15, 0.2) is 50.9 Å². The van der Waals surface area contributed by atoms with Gasteiger partial charge in [0.05, 0.1) is 17.5 Å². The zero-order chi connectivity index (χ0) is 15.8. The number of aryl methyl sites for hydroxylation is 2. The van der Waals surface area contributed by atoms with Crippen molar-refractivity contribution >= 4 is 17.4 Å². The zero-order valence-corrected chi connectivity index (χ0v) is 13.5. The highest BCUT2D eigenvalue weighted by atomic mass is 32.2. The number of hydrogen-bond donors (Lipinski definition) is 0. The van der Waals surface area contributed by atoms with Crippen molar-refractivity contribution in [1.82, 2.24) is 19.6 Å². The van der Waals surface area contributed by atoms with Crippen molar-refractivity contribution in [1.29, 1.82) is 0 Å². The lowest BCUT2D eigenvalue weighted by Gasteiger charge is -1.93. The van der Waals surface area contributed by atoms with Crippen LogP contribution < -0.4 is 0 Å². The van der Waals surface area contributed by atoms with E-state index in [9.17, 15) is 0 Å². The number of nitrogens with zero attached hydrogens (tertiary/aromatic N) is 4. The van der Waals surface area contributed by atoms with Crippen molar-refractivity contribution in [2.45, 2.75) is 24.8 Å². The highest BCUT2D eigenvalue weighted by Crippen LogP contribution is 2.27. The maximum atomic E-state index is 5.67. The van der Waals surface area contributed by atoms with Gasteiger partial charge in [-0.2, -0.15) is 0 Å². The van der Waals surface area contributed by atoms with Gasteiger partial charge in [0.2, 0.25) is 0 Å². The number of aromatic nitrogens is 4. The van der Waals surface area contributed by atoms with Crippen LogP contribution in [0.3, 0.4) is 0 Å². The van der Waals surface area contributed by atoms with Crippen LogP contribution in [0.1, 0.15) is 17.0 Å². The standard InChI is InChI=1S/C16H14N4O2S/c1-10-3-4-14-17-12(8-20(14)7-10)9-23-16-19-18-15(22-16)13-5-6-21-11(13)2/h3-8H,9H2,1-2H3.